The number of hydrogen-bond acceptors (Lipinski definition) is 2. The number of aliphatic hydroxyl groups is 1. The van der Waals surface area contributed by atoms with Gasteiger partial charge in [-0.3, -0.25) is 0 Å². The Hall–Kier alpha value is -2.16. The maximum absolute atomic E-state index is 10.6. The molecule has 156 valence electrons. The molecule has 0 fully saturated rings. The standard InChI is InChI=1S/C27H37NO/c1-7-22(18-19-28-6)16-17-25(20(2)23-12-9-8-10-13-23)24-14-11-15-26(21(24)3)27(4,5)29/h7-15,22,28-29H,1,16-19H2,2-6H3/b25-20+. The van der Waals surface area contributed by atoms with Crippen LogP contribution in [-0.2, 0) is 5.60 Å². The molecule has 2 aromatic carbocycles. The lowest BCUT2D eigenvalue weighted by Crippen LogP contribution is -2.18. The van der Waals surface area contributed by atoms with Gasteiger partial charge in [-0.1, -0.05) is 54.6 Å². The van der Waals surface area contributed by atoms with Crippen molar-refractivity contribution in [2.24, 2.45) is 5.92 Å². The van der Waals surface area contributed by atoms with Crippen LogP contribution < -0.4 is 5.32 Å². The van der Waals surface area contributed by atoms with Crippen LogP contribution >= 0.6 is 0 Å². The number of benzene rings is 2. The minimum Gasteiger partial charge on any atom is -0.386 e. The molecular weight excluding hydrogens is 354 g/mol. The van der Waals surface area contributed by atoms with Crippen molar-refractivity contribution in [2.75, 3.05) is 13.6 Å². The zero-order valence-electron chi connectivity index (χ0n) is 18.8. The summed E-state index contributed by atoms with van der Waals surface area (Å²) >= 11 is 0. The smallest absolute Gasteiger partial charge is 0.0843 e. The van der Waals surface area contributed by atoms with Gasteiger partial charge in [0.2, 0.25) is 0 Å². The summed E-state index contributed by atoms with van der Waals surface area (Å²) < 4.78 is 0. The van der Waals surface area contributed by atoms with E-state index >= 15 is 0 Å². The van der Waals surface area contributed by atoms with Gasteiger partial charge in [0.1, 0.15) is 0 Å². The van der Waals surface area contributed by atoms with Crippen molar-refractivity contribution in [3.05, 3.63) is 83.4 Å². The molecule has 2 nitrogen and oxygen atoms in total. The highest BCUT2D eigenvalue weighted by molar-refractivity contribution is 5.91. The summed E-state index contributed by atoms with van der Waals surface area (Å²) in [6.07, 6.45) is 5.24. The second kappa shape index (κ2) is 10.6. The topological polar surface area (TPSA) is 32.3 Å². The molecule has 1 unspecified atom stereocenters. The molecule has 0 heterocycles. The first kappa shape index (κ1) is 23.1. The van der Waals surface area contributed by atoms with Crippen molar-refractivity contribution in [2.45, 2.75) is 52.6 Å². The molecule has 0 saturated carbocycles. The fourth-order valence-electron chi connectivity index (χ4n) is 4.05. The van der Waals surface area contributed by atoms with Crippen molar-refractivity contribution < 1.29 is 5.11 Å². The molecule has 2 aromatic rings. The second-order valence-electron chi connectivity index (χ2n) is 8.43. The van der Waals surface area contributed by atoms with Crippen LogP contribution in [0.3, 0.4) is 0 Å². The highest BCUT2D eigenvalue weighted by atomic mass is 16.3. The van der Waals surface area contributed by atoms with Crippen LogP contribution in [0.5, 0.6) is 0 Å². The lowest BCUT2D eigenvalue weighted by Gasteiger charge is -2.24. The summed E-state index contributed by atoms with van der Waals surface area (Å²) in [4.78, 5) is 0. The number of allylic oxidation sites excluding steroid dienone is 3. The van der Waals surface area contributed by atoms with E-state index in [1.807, 2.05) is 27.0 Å². The Morgan fingerprint density at radius 1 is 1.10 bits per heavy atom. The minimum absolute atomic E-state index is 0.485. The highest BCUT2D eigenvalue weighted by Crippen LogP contribution is 2.36. The summed E-state index contributed by atoms with van der Waals surface area (Å²) in [5.74, 6) is 0.485. The summed E-state index contributed by atoms with van der Waals surface area (Å²) in [6, 6.07) is 16.9. The number of hydrogen-bond donors (Lipinski definition) is 2. The largest absolute Gasteiger partial charge is 0.386 e. The van der Waals surface area contributed by atoms with E-state index in [-0.39, 0.29) is 0 Å². The molecular formula is C27H37NO. The minimum atomic E-state index is -0.859. The van der Waals surface area contributed by atoms with Gasteiger partial charge in [-0.25, -0.2) is 0 Å². The predicted octanol–water partition coefficient (Wildman–Crippen LogP) is 6.35. The lowest BCUT2D eigenvalue weighted by molar-refractivity contribution is 0.0779. The maximum Gasteiger partial charge on any atom is 0.0843 e. The van der Waals surface area contributed by atoms with Gasteiger partial charge in [0.25, 0.3) is 0 Å². The van der Waals surface area contributed by atoms with Crippen molar-refractivity contribution in [1.29, 1.82) is 0 Å². The van der Waals surface area contributed by atoms with E-state index in [1.54, 1.807) is 0 Å². The Labute approximate surface area is 177 Å². The van der Waals surface area contributed by atoms with Crippen LogP contribution in [0.25, 0.3) is 11.1 Å². The Morgan fingerprint density at radius 2 is 1.79 bits per heavy atom. The van der Waals surface area contributed by atoms with Gasteiger partial charge in [-0.15, -0.1) is 6.58 Å². The number of rotatable bonds is 10. The summed E-state index contributed by atoms with van der Waals surface area (Å²) in [7, 11) is 2.00. The van der Waals surface area contributed by atoms with Crippen molar-refractivity contribution in [1.82, 2.24) is 5.32 Å². The molecule has 0 aromatic heterocycles. The number of nitrogens with one attached hydrogen (secondary N) is 1. The molecule has 29 heavy (non-hydrogen) atoms. The molecule has 2 N–H and O–H groups in total. The van der Waals surface area contributed by atoms with E-state index in [4.69, 9.17) is 0 Å². The third kappa shape index (κ3) is 6.16. The first-order chi connectivity index (χ1) is 13.8. The molecule has 0 aliphatic rings. The van der Waals surface area contributed by atoms with E-state index in [0.717, 1.165) is 36.9 Å². The maximum atomic E-state index is 10.6. The Balaban J connectivity index is 2.50. The summed E-state index contributed by atoms with van der Waals surface area (Å²) in [5.41, 5.74) is 6.44. The first-order valence-corrected chi connectivity index (χ1v) is 10.6. The highest BCUT2D eigenvalue weighted by Gasteiger charge is 2.21. The van der Waals surface area contributed by atoms with Gasteiger partial charge in [-0.05, 0) is 99.9 Å². The van der Waals surface area contributed by atoms with Crippen molar-refractivity contribution in [3.63, 3.8) is 0 Å². The van der Waals surface area contributed by atoms with Crippen LogP contribution in [0, 0.1) is 12.8 Å². The van der Waals surface area contributed by atoms with E-state index < -0.39 is 5.60 Å². The normalized spacial score (nSPS) is 13.7. The van der Waals surface area contributed by atoms with Gasteiger partial charge in [0, 0.05) is 0 Å². The molecule has 0 amide bonds. The van der Waals surface area contributed by atoms with Crippen LogP contribution in [0.1, 0.15) is 62.3 Å². The molecule has 0 saturated heterocycles. The van der Waals surface area contributed by atoms with Crippen molar-refractivity contribution >= 4 is 11.1 Å². The average Bonchev–Trinajstić information content (AvgIpc) is 2.71. The molecule has 2 heteroatoms. The Morgan fingerprint density at radius 3 is 2.38 bits per heavy atom. The van der Waals surface area contributed by atoms with Gasteiger partial charge < -0.3 is 10.4 Å². The van der Waals surface area contributed by atoms with Crippen LogP contribution in [-0.4, -0.2) is 18.7 Å². The van der Waals surface area contributed by atoms with Crippen molar-refractivity contribution in [3.8, 4) is 0 Å². The van der Waals surface area contributed by atoms with Gasteiger partial charge in [0.15, 0.2) is 0 Å². The van der Waals surface area contributed by atoms with Crippen LogP contribution in [0.4, 0.5) is 0 Å². The van der Waals surface area contributed by atoms with E-state index in [1.165, 1.54) is 22.3 Å². The van der Waals surface area contributed by atoms with Gasteiger partial charge >= 0.3 is 0 Å². The summed E-state index contributed by atoms with van der Waals surface area (Å²) in [6.45, 7) is 13.1. The third-order valence-electron chi connectivity index (χ3n) is 5.84. The van der Waals surface area contributed by atoms with E-state index in [0.29, 0.717) is 5.92 Å². The predicted molar refractivity (Wildman–Crippen MR) is 127 cm³/mol. The Bertz CT molecular complexity index is 827. The fraction of sp³-hybridized carbons (Fsp3) is 0.407. The molecule has 0 aliphatic carbocycles. The van der Waals surface area contributed by atoms with Crippen LogP contribution in [0.15, 0.2) is 61.2 Å². The molecule has 0 spiro atoms. The summed E-state index contributed by atoms with van der Waals surface area (Å²) in [5, 5.41) is 13.9. The monoisotopic (exact) mass is 391 g/mol. The average molecular weight is 392 g/mol. The van der Waals surface area contributed by atoms with E-state index in [9.17, 15) is 5.11 Å². The zero-order chi connectivity index (χ0) is 21.4. The van der Waals surface area contributed by atoms with E-state index in [2.05, 4.69) is 74.3 Å². The zero-order valence-corrected chi connectivity index (χ0v) is 18.8. The molecule has 0 radical (unpaired) electrons. The first-order valence-electron chi connectivity index (χ1n) is 10.6. The Kier molecular flexibility index (Phi) is 8.43. The van der Waals surface area contributed by atoms with Crippen LogP contribution in [0.2, 0.25) is 0 Å². The van der Waals surface area contributed by atoms with Gasteiger partial charge in [0.05, 0.1) is 5.60 Å². The lowest BCUT2D eigenvalue weighted by atomic mass is 9.83. The SMILES string of the molecule is C=CC(CCNC)CC/C(=C(/C)c1ccccc1)c1cccc(C(C)(C)O)c1C. The molecule has 2 rings (SSSR count). The second-order valence-corrected chi connectivity index (χ2v) is 8.43. The fourth-order valence-corrected chi connectivity index (χ4v) is 4.05. The third-order valence-corrected chi connectivity index (χ3v) is 5.84. The molecule has 0 bridgehead atoms. The molecule has 1 atom stereocenters. The molecule has 0 aliphatic heterocycles. The quantitative estimate of drug-likeness (QED) is 0.365. The van der Waals surface area contributed by atoms with Gasteiger partial charge in [-0.2, -0.15) is 0 Å².